The zero-order chi connectivity index (χ0) is 21.8. The third-order valence-electron chi connectivity index (χ3n) is 4.45. The Morgan fingerprint density at radius 1 is 1.16 bits per heavy atom. The molecule has 0 unspecified atom stereocenters. The van der Waals surface area contributed by atoms with E-state index in [0.717, 1.165) is 20.5 Å². The first-order chi connectivity index (χ1) is 15.0. The predicted octanol–water partition coefficient (Wildman–Crippen LogP) is 6.14. The fourth-order valence-corrected chi connectivity index (χ4v) is 4.33. The van der Waals surface area contributed by atoms with Crippen molar-refractivity contribution in [1.29, 1.82) is 0 Å². The molecule has 2 heterocycles. The van der Waals surface area contributed by atoms with Crippen molar-refractivity contribution >= 4 is 45.2 Å². The van der Waals surface area contributed by atoms with Crippen LogP contribution in [-0.2, 0) is 16.1 Å². The summed E-state index contributed by atoms with van der Waals surface area (Å²) in [5, 5.41) is 1.91. The summed E-state index contributed by atoms with van der Waals surface area (Å²) in [5.74, 6) is 1.05. The van der Waals surface area contributed by atoms with E-state index in [9.17, 15) is 4.79 Å². The number of hydrogen-bond donors (Lipinski definition) is 0. The van der Waals surface area contributed by atoms with Gasteiger partial charge in [-0.15, -0.1) is 11.3 Å². The van der Waals surface area contributed by atoms with Crippen LogP contribution in [0.3, 0.4) is 0 Å². The maximum absolute atomic E-state index is 12.3. The lowest BCUT2D eigenvalue weighted by molar-refractivity contribution is -0.129. The quantitative estimate of drug-likeness (QED) is 0.290. The van der Waals surface area contributed by atoms with Gasteiger partial charge in [-0.3, -0.25) is 0 Å². The maximum Gasteiger partial charge on any atom is 0.363 e. The SMILES string of the molecule is CCOc1cc(C=C2N=C(c3cccs3)OC2=O)cc(Br)c1OCc1cccc(C)c1. The second-order valence-electron chi connectivity index (χ2n) is 6.85. The summed E-state index contributed by atoms with van der Waals surface area (Å²) in [4.78, 5) is 17.4. The summed E-state index contributed by atoms with van der Waals surface area (Å²) in [6, 6.07) is 15.6. The van der Waals surface area contributed by atoms with Gasteiger partial charge in [0.05, 0.1) is 16.0 Å². The summed E-state index contributed by atoms with van der Waals surface area (Å²) in [5.41, 5.74) is 3.25. The van der Waals surface area contributed by atoms with Crippen LogP contribution < -0.4 is 9.47 Å². The fraction of sp³-hybridized carbons (Fsp3) is 0.167. The van der Waals surface area contributed by atoms with Gasteiger partial charge in [0.2, 0.25) is 5.90 Å². The van der Waals surface area contributed by atoms with Crippen molar-refractivity contribution < 1.29 is 19.0 Å². The molecule has 7 heteroatoms. The molecule has 3 aromatic rings. The van der Waals surface area contributed by atoms with E-state index in [1.54, 1.807) is 6.08 Å². The third-order valence-corrected chi connectivity index (χ3v) is 5.90. The number of aryl methyl sites for hydroxylation is 1. The van der Waals surface area contributed by atoms with Gasteiger partial charge in [-0.1, -0.05) is 35.9 Å². The highest BCUT2D eigenvalue weighted by Crippen LogP contribution is 2.38. The first-order valence-corrected chi connectivity index (χ1v) is 11.4. The lowest BCUT2D eigenvalue weighted by Crippen LogP contribution is -2.03. The fourth-order valence-electron chi connectivity index (χ4n) is 3.10. The van der Waals surface area contributed by atoms with Crippen molar-refractivity contribution in [2.24, 2.45) is 4.99 Å². The van der Waals surface area contributed by atoms with Crippen molar-refractivity contribution in [3.8, 4) is 11.5 Å². The number of esters is 1. The lowest BCUT2D eigenvalue weighted by Gasteiger charge is -2.15. The molecule has 0 bridgehead atoms. The minimum Gasteiger partial charge on any atom is -0.490 e. The second-order valence-corrected chi connectivity index (χ2v) is 8.66. The Morgan fingerprint density at radius 3 is 2.77 bits per heavy atom. The monoisotopic (exact) mass is 497 g/mol. The van der Waals surface area contributed by atoms with Gasteiger partial charge >= 0.3 is 5.97 Å². The number of carbonyl (C=O) groups excluding carboxylic acids is 1. The first-order valence-electron chi connectivity index (χ1n) is 9.74. The molecule has 0 N–H and O–H groups in total. The molecule has 0 amide bonds. The van der Waals surface area contributed by atoms with E-state index >= 15 is 0 Å². The highest BCUT2D eigenvalue weighted by molar-refractivity contribution is 9.10. The highest BCUT2D eigenvalue weighted by atomic mass is 79.9. The van der Waals surface area contributed by atoms with Gasteiger partial charge in [-0.2, -0.15) is 0 Å². The van der Waals surface area contributed by atoms with Crippen molar-refractivity contribution in [2.75, 3.05) is 6.61 Å². The van der Waals surface area contributed by atoms with Crippen LogP contribution in [0, 0.1) is 6.92 Å². The number of benzene rings is 2. The van der Waals surface area contributed by atoms with E-state index < -0.39 is 5.97 Å². The zero-order valence-electron chi connectivity index (χ0n) is 17.1. The molecule has 1 aliphatic rings. The third kappa shape index (κ3) is 5.06. The summed E-state index contributed by atoms with van der Waals surface area (Å²) < 4.78 is 17.9. The minimum atomic E-state index is -0.475. The van der Waals surface area contributed by atoms with Gasteiger partial charge in [0.25, 0.3) is 0 Å². The molecule has 0 radical (unpaired) electrons. The number of nitrogens with zero attached hydrogens (tertiary/aromatic N) is 1. The molecule has 4 rings (SSSR count). The number of thiophene rings is 1. The van der Waals surface area contributed by atoms with E-state index in [-0.39, 0.29) is 5.70 Å². The molecule has 1 aliphatic heterocycles. The first kappa shape index (κ1) is 21.3. The van der Waals surface area contributed by atoms with Crippen LogP contribution in [0.1, 0.15) is 28.5 Å². The standard InChI is InChI=1S/C24H20BrNO4S/c1-3-28-20-13-17(12-19-24(27)30-23(26-19)21-8-5-9-31-21)11-18(25)22(20)29-14-16-7-4-6-15(2)10-16/h4-13H,3,14H2,1-2H3. The molecule has 0 saturated heterocycles. The summed E-state index contributed by atoms with van der Waals surface area (Å²) in [7, 11) is 0. The largest absolute Gasteiger partial charge is 0.490 e. The molecule has 0 spiro atoms. The maximum atomic E-state index is 12.3. The summed E-state index contributed by atoms with van der Waals surface area (Å²) in [6.45, 7) is 4.86. The average Bonchev–Trinajstić information content (AvgIpc) is 3.38. The van der Waals surface area contributed by atoms with Crippen molar-refractivity contribution in [1.82, 2.24) is 0 Å². The highest BCUT2D eigenvalue weighted by Gasteiger charge is 2.25. The smallest absolute Gasteiger partial charge is 0.363 e. The van der Waals surface area contributed by atoms with Crippen molar-refractivity contribution in [2.45, 2.75) is 20.5 Å². The van der Waals surface area contributed by atoms with Gasteiger partial charge in [0.1, 0.15) is 6.61 Å². The molecule has 5 nitrogen and oxygen atoms in total. The van der Waals surface area contributed by atoms with Crippen LogP contribution >= 0.6 is 27.3 Å². The van der Waals surface area contributed by atoms with E-state index in [1.165, 1.54) is 16.9 Å². The van der Waals surface area contributed by atoms with Crippen LogP contribution in [0.15, 0.2) is 69.1 Å². The Hall–Kier alpha value is -2.90. The molecule has 0 saturated carbocycles. The minimum absolute atomic E-state index is 0.242. The van der Waals surface area contributed by atoms with Gasteiger partial charge in [-0.05, 0) is 70.6 Å². The number of rotatable bonds is 7. The average molecular weight is 498 g/mol. The van der Waals surface area contributed by atoms with Crippen LogP contribution in [0.25, 0.3) is 6.08 Å². The summed E-state index contributed by atoms with van der Waals surface area (Å²) in [6.07, 6.45) is 1.68. The number of aliphatic imine (C=N–C) groups is 1. The van der Waals surface area contributed by atoms with Crippen molar-refractivity contribution in [3.63, 3.8) is 0 Å². The van der Waals surface area contributed by atoms with E-state index in [0.29, 0.717) is 30.6 Å². The molecule has 158 valence electrons. The Labute approximate surface area is 193 Å². The number of hydrogen-bond acceptors (Lipinski definition) is 6. The summed E-state index contributed by atoms with van der Waals surface area (Å²) >= 11 is 5.05. The predicted molar refractivity (Wildman–Crippen MR) is 126 cm³/mol. The van der Waals surface area contributed by atoms with E-state index in [2.05, 4.69) is 27.0 Å². The Morgan fingerprint density at radius 2 is 2.03 bits per heavy atom. The Kier molecular flexibility index (Phi) is 6.53. The van der Waals surface area contributed by atoms with Crippen LogP contribution in [0.4, 0.5) is 0 Å². The Balaban J connectivity index is 1.61. The molecule has 31 heavy (non-hydrogen) atoms. The zero-order valence-corrected chi connectivity index (χ0v) is 19.5. The van der Waals surface area contributed by atoms with E-state index in [1.807, 2.05) is 61.7 Å². The van der Waals surface area contributed by atoms with Crippen molar-refractivity contribution in [3.05, 3.63) is 85.6 Å². The molecule has 0 atom stereocenters. The lowest BCUT2D eigenvalue weighted by atomic mass is 10.1. The van der Waals surface area contributed by atoms with E-state index in [4.69, 9.17) is 14.2 Å². The second kappa shape index (κ2) is 9.49. The van der Waals surface area contributed by atoms with Crippen LogP contribution in [0.2, 0.25) is 0 Å². The number of cyclic esters (lactones) is 1. The van der Waals surface area contributed by atoms with Crippen LogP contribution in [0.5, 0.6) is 11.5 Å². The molecule has 1 aromatic heterocycles. The number of ether oxygens (including phenoxy) is 3. The van der Waals surface area contributed by atoms with Gasteiger partial charge in [-0.25, -0.2) is 9.79 Å². The molecule has 0 fully saturated rings. The van der Waals surface area contributed by atoms with Gasteiger partial charge in [0.15, 0.2) is 17.2 Å². The topological polar surface area (TPSA) is 57.1 Å². The Bertz CT molecular complexity index is 1170. The van der Waals surface area contributed by atoms with Crippen LogP contribution in [-0.4, -0.2) is 18.5 Å². The van der Waals surface area contributed by atoms with Gasteiger partial charge in [0, 0.05) is 0 Å². The van der Waals surface area contributed by atoms with Gasteiger partial charge < -0.3 is 14.2 Å². The molecule has 0 aliphatic carbocycles. The molecular weight excluding hydrogens is 478 g/mol. The molecular formula is C24H20BrNO4S. The normalized spacial score (nSPS) is 14.5. The number of carbonyl (C=O) groups is 1. The number of halogens is 1. The molecule has 2 aromatic carbocycles.